The van der Waals surface area contributed by atoms with Crippen LogP contribution in [0.25, 0.3) is 0 Å². The SMILES string of the molecule is NN=C(Cc1ccc([N+](=O)[O-])cc1)c1ccccc1. The van der Waals surface area contributed by atoms with Crippen LogP contribution in [0.4, 0.5) is 5.69 Å². The summed E-state index contributed by atoms with van der Waals surface area (Å²) in [4.78, 5) is 10.2. The number of nitrogens with two attached hydrogens (primary N) is 1. The van der Waals surface area contributed by atoms with Gasteiger partial charge in [0.15, 0.2) is 0 Å². The summed E-state index contributed by atoms with van der Waals surface area (Å²) < 4.78 is 0. The molecule has 2 N–H and O–H groups in total. The number of nitrogens with zero attached hydrogens (tertiary/aromatic N) is 2. The standard InChI is InChI=1S/C14H13N3O2/c15-16-14(12-4-2-1-3-5-12)10-11-6-8-13(9-7-11)17(18)19/h1-9H,10,15H2. The molecule has 0 heterocycles. The molecule has 2 aromatic carbocycles. The maximum atomic E-state index is 10.6. The molecule has 0 atom stereocenters. The quantitative estimate of drug-likeness (QED) is 0.394. The topological polar surface area (TPSA) is 81.5 Å². The van der Waals surface area contributed by atoms with Crippen molar-refractivity contribution in [2.45, 2.75) is 6.42 Å². The summed E-state index contributed by atoms with van der Waals surface area (Å²) in [7, 11) is 0. The normalized spacial score (nSPS) is 11.3. The van der Waals surface area contributed by atoms with Crippen LogP contribution in [0.1, 0.15) is 11.1 Å². The van der Waals surface area contributed by atoms with E-state index in [1.807, 2.05) is 30.3 Å². The van der Waals surface area contributed by atoms with Crippen molar-refractivity contribution >= 4 is 11.4 Å². The Kier molecular flexibility index (Phi) is 3.87. The third kappa shape index (κ3) is 3.16. The third-order valence-corrected chi connectivity index (χ3v) is 2.78. The van der Waals surface area contributed by atoms with E-state index in [4.69, 9.17) is 5.84 Å². The minimum Gasteiger partial charge on any atom is -0.323 e. The molecule has 5 nitrogen and oxygen atoms in total. The van der Waals surface area contributed by atoms with E-state index in [0.717, 1.165) is 16.8 Å². The van der Waals surface area contributed by atoms with E-state index in [0.29, 0.717) is 6.42 Å². The number of non-ortho nitro benzene ring substituents is 1. The fraction of sp³-hybridized carbons (Fsp3) is 0.0714. The van der Waals surface area contributed by atoms with Gasteiger partial charge in [0.25, 0.3) is 5.69 Å². The van der Waals surface area contributed by atoms with Gasteiger partial charge in [0.2, 0.25) is 0 Å². The van der Waals surface area contributed by atoms with Crippen molar-refractivity contribution in [2.75, 3.05) is 0 Å². The zero-order chi connectivity index (χ0) is 13.7. The maximum absolute atomic E-state index is 10.6. The first-order valence-corrected chi connectivity index (χ1v) is 5.76. The van der Waals surface area contributed by atoms with Crippen molar-refractivity contribution in [1.29, 1.82) is 0 Å². The molecular weight excluding hydrogens is 242 g/mol. The number of hydrazone groups is 1. The van der Waals surface area contributed by atoms with E-state index < -0.39 is 4.92 Å². The monoisotopic (exact) mass is 255 g/mol. The first-order chi connectivity index (χ1) is 9.20. The highest BCUT2D eigenvalue weighted by molar-refractivity contribution is 6.01. The highest BCUT2D eigenvalue weighted by atomic mass is 16.6. The molecular formula is C14H13N3O2. The molecule has 2 rings (SSSR count). The molecule has 96 valence electrons. The number of nitro benzene ring substituents is 1. The smallest absolute Gasteiger partial charge is 0.269 e. The molecule has 0 unspecified atom stereocenters. The van der Waals surface area contributed by atoms with Crippen LogP contribution in [0.3, 0.4) is 0 Å². The van der Waals surface area contributed by atoms with Crippen molar-refractivity contribution in [1.82, 2.24) is 0 Å². The molecule has 0 aliphatic rings. The highest BCUT2D eigenvalue weighted by Gasteiger charge is 2.07. The second-order valence-corrected chi connectivity index (χ2v) is 4.04. The maximum Gasteiger partial charge on any atom is 0.269 e. The average molecular weight is 255 g/mol. The zero-order valence-electron chi connectivity index (χ0n) is 10.2. The Morgan fingerprint density at radius 1 is 1.11 bits per heavy atom. The Hall–Kier alpha value is -2.69. The predicted octanol–water partition coefficient (Wildman–Crippen LogP) is 2.50. The Balaban J connectivity index is 2.18. The van der Waals surface area contributed by atoms with Gasteiger partial charge in [-0.1, -0.05) is 42.5 Å². The molecule has 2 aromatic rings. The minimum atomic E-state index is -0.418. The van der Waals surface area contributed by atoms with Crippen molar-refractivity contribution < 1.29 is 4.92 Å². The Labute approximate surface area is 110 Å². The van der Waals surface area contributed by atoms with Gasteiger partial charge in [0, 0.05) is 18.6 Å². The molecule has 19 heavy (non-hydrogen) atoms. The number of hydrogen-bond donors (Lipinski definition) is 1. The Morgan fingerprint density at radius 3 is 2.26 bits per heavy atom. The fourth-order valence-corrected chi connectivity index (χ4v) is 1.78. The second-order valence-electron chi connectivity index (χ2n) is 4.04. The van der Waals surface area contributed by atoms with Crippen LogP contribution in [-0.2, 0) is 6.42 Å². The van der Waals surface area contributed by atoms with E-state index in [-0.39, 0.29) is 5.69 Å². The first-order valence-electron chi connectivity index (χ1n) is 5.76. The van der Waals surface area contributed by atoms with Crippen LogP contribution in [0.5, 0.6) is 0 Å². The lowest BCUT2D eigenvalue weighted by Gasteiger charge is -2.05. The van der Waals surface area contributed by atoms with Crippen LogP contribution < -0.4 is 5.84 Å². The number of hydrogen-bond acceptors (Lipinski definition) is 4. The molecule has 0 fully saturated rings. The number of benzene rings is 2. The predicted molar refractivity (Wildman–Crippen MR) is 74.0 cm³/mol. The highest BCUT2D eigenvalue weighted by Crippen LogP contribution is 2.14. The molecule has 0 aliphatic carbocycles. The molecule has 5 heteroatoms. The van der Waals surface area contributed by atoms with Gasteiger partial charge < -0.3 is 5.84 Å². The van der Waals surface area contributed by atoms with E-state index >= 15 is 0 Å². The van der Waals surface area contributed by atoms with Crippen molar-refractivity contribution in [3.63, 3.8) is 0 Å². The molecule has 0 saturated heterocycles. The summed E-state index contributed by atoms with van der Waals surface area (Å²) >= 11 is 0. The molecule has 0 spiro atoms. The Bertz CT molecular complexity index is 592. The summed E-state index contributed by atoms with van der Waals surface area (Å²) in [6, 6.07) is 16.0. The third-order valence-electron chi connectivity index (χ3n) is 2.78. The lowest BCUT2D eigenvalue weighted by atomic mass is 10.0. The van der Waals surface area contributed by atoms with E-state index in [2.05, 4.69) is 5.10 Å². The lowest BCUT2D eigenvalue weighted by molar-refractivity contribution is -0.384. The number of rotatable bonds is 4. The lowest BCUT2D eigenvalue weighted by Crippen LogP contribution is -2.08. The molecule has 0 aromatic heterocycles. The fourth-order valence-electron chi connectivity index (χ4n) is 1.78. The van der Waals surface area contributed by atoms with Crippen molar-refractivity contribution in [3.05, 3.63) is 75.8 Å². The van der Waals surface area contributed by atoms with Crippen LogP contribution >= 0.6 is 0 Å². The van der Waals surface area contributed by atoms with Gasteiger partial charge in [-0.05, 0) is 11.1 Å². The molecule has 0 radical (unpaired) electrons. The molecule has 0 amide bonds. The first kappa shape index (κ1) is 12.8. The van der Waals surface area contributed by atoms with Crippen LogP contribution in [-0.4, -0.2) is 10.6 Å². The largest absolute Gasteiger partial charge is 0.323 e. The van der Waals surface area contributed by atoms with Gasteiger partial charge in [0.05, 0.1) is 10.6 Å². The van der Waals surface area contributed by atoms with Gasteiger partial charge in [-0.2, -0.15) is 5.10 Å². The van der Waals surface area contributed by atoms with Crippen molar-refractivity contribution in [3.8, 4) is 0 Å². The van der Waals surface area contributed by atoms with E-state index in [9.17, 15) is 10.1 Å². The number of nitro groups is 1. The van der Waals surface area contributed by atoms with Gasteiger partial charge in [-0.15, -0.1) is 0 Å². The zero-order valence-corrected chi connectivity index (χ0v) is 10.2. The van der Waals surface area contributed by atoms with Gasteiger partial charge in [0.1, 0.15) is 0 Å². The van der Waals surface area contributed by atoms with Crippen LogP contribution in [0.2, 0.25) is 0 Å². The van der Waals surface area contributed by atoms with Gasteiger partial charge >= 0.3 is 0 Å². The minimum absolute atomic E-state index is 0.0784. The second kappa shape index (κ2) is 5.77. The van der Waals surface area contributed by atoms with Crippen LogP contribution in [0, 0.1) is 10.1 Å². The summed E-state index contributed by atoms with van der Waals surface area (Å²) in [5.41, 5.74) is 2.70. The molecule has 0 aliphatic heterocycles. The van der Waals surface area contributed by atoms with Gasteiger partial charge in [-0.25, -0.2) is 0 Å². The van der Waals surface area contributed by atoms with Gasteiger partial charge in [-0.3, -0.25) is 10.1 Å². The van der Waals surface area contributed by atoms with E-state index in [1.54, 1.807) is 12.1 Å². The van der Waals surface area contributed by atoms with E-state index in [1.165, 1.54) is 12.1 Å². The Morgan fingerprint density at radius 2 is 1.74 bits per heavy atom. The summed E-state index contributed by atoms with van der Waals surface area (Å²) in [5, 5.41) is 14.4. The van der Waals surface area contributed by atoms with Crippen molar-refractivity contribution in [2.24, 2.45) is 10.9 Å². The molecule has 0 saturated carbocycles. The summed E-state index contributed by atoms with van der Waals surface area (Å²) in [6.07, 6.45) is 0.540. The summed E-state index contributed by atoms with van der Waals surface area (Å²) in [5.74, 6) is 5.41. The summed E-state index contributed by atoms with van der Waals surface area (Å²) in [6.45, 7) is 0. The average Bonchev–Trinajstić information content (AvgIpc) is 2.46. The molecule has 0 bridgehead atoms. The van der Waals surface area contributed by atoms with Crippen LogP contribution in [0.15, 0.2) is 59.7 Å².